The van der Waals surface area contributed by atoms with Gasteiger partial charge in [0.15, 0.2) is 11.5 Å². The van der Waals surface area contributed by atoms with Crippen molar-refractivity contribution in [2.24, 2.45) is 5.92 Å². The Kier molecular flexibility index (Phi) is 8.14. The van der Waals surface area contributed by atoms with Crippen LogP contribution in [0.2, 0.25) is 0 Å². The van der Waals surface area contributed by atoms with Crippen LogP contribution in [0.3, 0.4) is 0 Å². The molecule has 0 bridgehead atoms. The van der Waals surface area contributed by atoms with Gasteiger partial charge in [-0.15, -0.1) is 0 Å². The van der Waals surface area contributed by atoms with Gasteiger partial charge in [0.25, 0.3) is 0 Å². The lowest BCUT2D eigenvalue weighted by molar-refractivity contribution is -0.138. The van der Waals surface area contributed by atoms with Gasteiger partial charge in [-0.25, -0.2) is 0 Å². The highest BCUT2D eigenvalue weighted by Crippen LogP contribution is 2.37. The molecular weight excluding hydrogens is 454 g/mol. The molecule has 0 aliphatic carbocycles. The number of hydrogen-bond donors (Lipinski definition) is 1. The summed E-state index contributed by atoms with van der Waals surface area (Å²) in [6.45, 7) is 5.36. The number of carbonyl (C=O) groups is 2. The molecule has 0 radical (unpaired) electrons. The quantitative estimate of drug-likeness (QED) is 0.489. The van der Waals surface area contributed by atoms with Crippen molar-refractivity contribution >= 4 is 11.8 Å². The molecule has 2 heterocycles. The topological polar surface area (TPSA) is 91.7 Å². The first-order chi connectivity index (χ1) is 17.4. The molecule has 4 rings (SSSR count). The Morgan fingerprint density at radius 2 is 1.92 bits per heavy atom. The van der Waals surface area contributed by atoms with Crippen LogP contribution >= 0.6 is 0 Å². The van der Waals surface area contributed by atoms with E-state index in [4.69, 9.17) is 9.47 Å². The zero-order valence-electron chi connectivity index (χ0n) is 21.2. The van der Waals surface area contributed by atoms with Gasteiger partial charge in [0.2, 0.25) is 18.6 Å². The van der Waals surface area contributed by atoms with Gasteiger partial charge in [-0.1, -0.05) is 56.7 Å². The summed E-state index contributed by atoms with van der Waals surface area (Å²) in [7, 11) is 0. The Morgan fingerprint density at radius 1 is 1.14 bits per heavy atom. The first-order valence-corrected chi connectivity index (χ1v) is 12.9. The fourth-order valence-electron chi connectivity index (χ4n) is 5.27. The van der Waals surface area contributed by atoms with Gasteiger partial charge in [-0.05, 0) is 54.9 Å². The number of carbonyl (C=O) groups excluding carboxylic acids is 2. The molecule has 0 saturated carbocycles. The number of likely N-dealkylation sites (tertiary alicyclic amines) is 1. The average Bonchev–Trinajstić information content (AvgIpc) is 3.57. The second-order valence-electron chi connectivity index (χ2n) is 9.96. The number of hydrogen-bond acceptors (Lipinski definition) is 5. The standard InChI is InChI=1S/C29H35N3O4/c1-21(2)29(19-30,23-9-4-3-5-10-23)15-7-6-12-27(33)32-16-8-11-24(32)28(34)31-18-22-13-14-25-26(17-22)36-20-35-25/h3-5,9-10,13-14,17,21,24H,6-8,11-12,15-16,18,20H2,1-2H3,(H,31,34)/t24-,29+/m1/s1. The van der Waals surface area contributed by atoms with Crippen LogP contribution in [0.25, 0.3) is 0 Å². The Morgan fingerprint density at radius 3 is 2.67 bits per heavy atom. The zero-order valence-corrected chi connectivity index (χ0v) is 21.2. The molecule has 2 aliphatic heterocycles. The van der Waals surface area contributed by atoms with E-state index < -0.39 is 11.5 Å². The fraction of sp³-hybridized carbons (Fsp3) is 0.483. The summed E-state index contributed by atoms with van der Waals surface area (Å²) in [6.07, 6.45) is 4.08. The molecule has 2 amide bonds. The Labute approximate surface area is 213 Å². The molecule has 1 saturated heterocycles. The molecule has 0 spiro atoms. The second kappa shape index (κ2) is 11.5. The Balaban J connectivity index is 1.27. The molecule has 1 fully saturated rings. The molecule has 0 aromatic heterocycles. The van der Waals surface area contributed by atoms with Gasteiger partial charge in [-0.2, -0.15) is 5.26 Å². The second-order valence-corrected chi connectivity index (χ2v) is 9.96. The first-order valence-electron chi connectivity index (χ1n) is 12.9. The van der Waals surface area contributed by atoms with Crippen molar-refractivity contribution in [3.63, 3.8) is 0 Å². The number of nitrogens with zero attached hydrogens (tertiary/aromatic N) is 2. The van der Waals surface area contributed by atoms with Crippen LogP contribution in [-0.4, -0.2) is 36.1 Å². The van der Waals surface area contributed by atoms with E-state index in [0.29, 0.717) is 50.3 Å². The van der Waals surface area contributed by atoms with Gasteiger partial charge in [0, 0.05) is 19.5 Å². The molecule has 2 aromatic rings. The number of benzene rings is 2. The van der Waals surface area contributed by atoms with Crippen molar-refractivity contribution in [1.29, 1.82) is 5.26 Å². The van der Waals surface area contributed by atoms with Crippen LogP contribution in [0.1, 0.15) is 63.5 Å². The smallest absolute Gasteiger partial charge is 0.243 e. The van der Waals surface area contributed by atoms with Gasteiger partial charge in [0.05, 0.1) is 11.5 Å². The van der Waals surface area contributed by atoms with Crippen molar-refractivity contribution in [2.75, 3.05) is 13.3 Å². The SMILES string of the molecule is CC(C)[C@@](C#N)(CCCCC(=O)N1CCC[C@@H]1C(=O)NCc1ccc2c(c1)OCO2)c1ccccc1. The predicted molar refractivity (Wildman–Crippen MR) is 136 cm³/mol. The minimum Gasteiger partial charge on any atom is -0.454 e. The van der Waals surface area contributed by atoms with E-state index in [-0.39, 0.29) is 24.5 Å². The van der Waals surface area contributed by atoms with Crippen LogP contribution in [0, 0.1) is 17.2 Å². The number of amides is 2. The molecule has 7 nitrogen and oxygen atoms in total. The molecule has 1 N–H and O–H groups in total. The van der Waals surface area contributed by atoms with E-state index in [0.717, 1.165) is 24.0 Å². The molecule has 7 heteroatoms. The number of rotatable bonds is 10. The molecule has 0 unspecified atom stereocenters. The molecule has 36 heavy (non-hydrogen) atoms. The summed E-state index contributed by atoms with van der Waals surface area (Å²) in [6, 6.07) is 17.7. The van der Waals surface area contributed by atoms with Crippen molar-refractivity contribution in [3.05, 3.63) is 59.7 Å². The summed E-state index contributed by atoms with van der Waals surface area (Å²) in [5.41, 5.74) is 1.40. The monoisotopic (exact) mass is 489 g/mol. The van der Waals surface area contributed by atoms with Crippen molar-refractivity contribution in [1.82, 2.24) is 10.2 Å². The highest BCUT2D eigenvalue weighted by molar-refractivity contribution is 5.88. The van der Waals surface area contributed by atoms with Crippen molar-refractivity contribution in [3.8, 4) is 17.6 Å². The molecule has 2 aliphatic rings. The molecule has 190 valence electrons. The van der Waals surface area contributed by atoms with E-state index in [1.807, 2.05) is 48.5 Å². The van der Waals surface area contributed by atoms with E-state index in [1.54, 1.807) is 4.90 Å². The highest BCUT2D eigenvalue weighted by atomic mass is 16.7. The summed E-state index contributed by atoms with van der Waals surface area (Å²) in [5, 5.41) is 13.1. The van der Waals surface area contributed by atoms with Crippen molar-refractivity contribution in [2.45, 2.75) is 70.4 Å². The summed E-state index contributed by atoms with van der Waals surface area (Å²) in [5.74, 6) is 1.46. The molecule has 2 aromatic carbocycles. The maximum atomic E-state index is 13.0. The minimum absolute atomic E-state index is 0.0162. The lowest BCUT2D eigenvalue weighted by Crippen LogP contribution is -2.45. The summed E-state index contributed by atoms with van der Waals surface area (Å²) in [4.78, 5) is 27.6. The van der Waals surface area contributed by atoms with Gasteiger partial charge >= 0.3 is 0 Å². The molecule has 2 atom stereocenters. The molecular formula is C29H35N3O4. The third kappa shape index (κ3) is 5.48. The Hall–Kier alpha value is -3.53. The summed E-state index contributed by atoms with van der Waals surface area (Å²) >= 11 is 0. The lowest BCUT2D eigenvalue weighted by Gasteiger charge is -2.31. The predicted octanol–water partition coefficient (Wildman–Crippen LogP) is 4.70. The minimum atomic E-state index is -0.560. The zero-order chi connectivity index (χ0) is 25.5. The van der Waals surface area contributed by atoms with Gasteiger partial charge in [0.1, 0.15) is 6.04 Å². The van der Waals surface area contributed by atoms with Gasteiger partial charge in [-0.3, -0.25) is 9.59 Å². The van der Waals surface area contributed by atoms with Crippen molar-refractivity contribution < 1.29 is 19.1 Å². The third-order valence-corrected chi connectivity index (χ3v) is 7.47. The fourth-order valence-corrected chi connectivity index (χ4v) is 5.27. The third-order valence-electron chi connectivity index (χ3n) is 7.47. The normalized spacial score (nSPS) is 18.1. The first kappa shape index (κ1) is 25.6. The number of nitriles is 1. The van der Waals surface area contributed by atoms with E-state index in [1.165, 1.54) is 0 Å². The maximum Gasteiger partial charge on any atom is 0.243 e. The number of unbranched alkanes of at least 4 members (excludes halogenated alkanes) is 1. The lowest BCUT2D eigenvalue weighted by atomic mass is 9.69. The van der Waals surface area contributed by atoms with E-state index >= 15 is 0 Å². The van der Waals surface area contributed by atoms with Crippen LogP contribution < -0.4 is 14.8 Å². The van der Waals surface area contributed by atoms with Crippen LogP contribution in [0.5, 0.6) is 11.5 Å². The maximum absolute atomic E-state index is 13.0. The number of fused-ring (bicyclic) bond motifs is 1. The number of nitrogens with one attached hydrogen (secondary N) is 1. The van der Waals surface area contributed by atoms with Crippen LogP contribution in [-0.2, 0) is 21.5 Å². The number of ether oxygens (including phenoxy) is 2. The average molecular weight is 490 g/mol. The highest BCUT2D eigenvalue weighted by Gasteiger charge is 2.36. The van der Waals surface area contributed by atoms with Crippen LogP contribution in [0.4, 0.5) is 0 Å². The van der Waals surface area contributed by atoms with E-state index in [9.17, 15) is 14.9 Å². The summed E-state index contributed by atoms with van der Waals surface area (Å²) < 4.78 is 10.7. The largest absolute Gasteiger partial charge is 0.454 e. The van der Waals surface area contributed by atoms with Crippen LogP contribution in [0.15, 0.2) is 48.5 Å². The Bertz CT molecular complexity index is 1110. The van der Waals surface area contributed by atoms with E-state index in [2.05, 4.69) is 25.2 Å². The van der Waals surface area contributed by atoms with Gasteiger partial charge < -0.3 is 19.7 Å².